The standard InChI is InChI=1S/C18H38O3/c1-3-17(19)13-9-5-7-11-15-21-16-12-8-6-10-14-18(20)4-2/h17-20H,3-16H2,1-2H3. The largest absolute Gasteiger partial charge is 0.393 e. The number of ether oxygens (including phenoxy) is 1. The third-order valence-electron chi connectivity index (χ3n) is 4.09. The van der Waals surface area contributed by atoms with E-state index < -0.39 is 0 Å². The molecule has 0 aliphatic carbocycles. The Kier molecular flexibility index (Phi) is 16.2. The highest BCUT2D eigenvalue weighted by atomic mass is 16.5. The lowest BCUT2D eigenvalue weighted by Crippen LogP contribution is -2.04. The van der Waals surface area contributed by atoms with Gasteiger partial charge < -0.3 is 14.9 Å². The lowest BCUT2D eigenvalue weighted by atomic mass is 10.1. The van der Waals surface area contributed by atoms with Crippen LogP contribution in [0.1, 0.15) is 90.9 Å². The second-order valence-electron chi connectivity index (χ2n) is 6.14. The van der Waals surface area contributed by atoms with Crippen molar-refractivity contribution < 1.29 is 14.9 Å². The van der Waals surface area contributed by atoms with Gasteiger partial charge in [0.25, 0.3) is 0 Å². The SMILES string of the molecule is CCC(O)CCCCCCOCCCCCCC(O)CC. The summed E-state index contributed by atoms with van der Waals surface area (Å²) in [6.45, 7) is 5.82. The van der Waals surface area contributed by atoms with Crippen molar-refractivity contribution in [2.75, 3.05) is 13.2 Å². The van der Waals surface area contributed by atoms with Crippen LogP contribution in [0.15, 0.2) is 0 Å². The zero-order valence-electron chi connectivity index (χ0n) is 14.4. The molecule has 0 bridgehead atoms. The van der Waals surface area contributed by atoms with Gasteiger partial charge in [-0.1, -0.05) is 52.4 Å². The Morgan fingerprint density at radius 1 is 0.619 bits per heavy atom. The fourth-order valence-corrected chi connectivity index (χ4v) is 2.39. The van der Waals surface area contributed by atoms with E-state index in [0.717, 1.165) is 64.6 Å². The maximum atomic E-state index is 9.43. The zero-order valence-corrected chi connectivity index (χ0v) is 14.4. The summed E-state index contributed by atoms with van der Waals surface area (Å²) in [5.41, 5.74) is 0. The molecule has 0 aliphatic rings. The highest BCUT2D eigenvalue weighted by Crippen LogP contribution is 2.09. The van der Waals surface area contributed by atoms with Crippen molar-refractivity contribution in [3.63, 3.8) is 0 Å². The molecule has 0 radical (unpaired) electrons. The Balaban J connectivity index is 3.03. The Morgan fingerprint density at radius 2 is 1.00 bits per heavy atom. The van der Waals surface area contributed by atoms with Crippen molar-refractivity contribution in [1.29, 1.82) is 0 Å². The molecule has 0 amide bonds. The molecule has 2 unspecified atom stereocenters. The van der Waals surface area contributed by atoms with Gasteiger partial charge in [0.2, 0.25) is 0 Å². The predicted molar refractivity (Wildman–Crippen MR) is 89.6 cm³/mol. The summed E-state index contributed by atoms with van der Waals surface area (Å²) < 4.78 is 5.63. The molecule has 0 aromatic heterocycles. The summed E-state index contributed by atoms with van der Waals surface area (Å²) in [5.74, 6) is 0. The van der Waals surface area contributed by atoms with Crippen LogP contribution in [0.5, 0.6) is 0 Å². The molecule has 21 heavy (non-hydrogen) atoms. The van der Waals surface area contributed by atoms with Gasteiger partial charge in [0.05, 0.1) is 12.2 Å². The molecule has 0 aromatic rings. The summed E-state index contributed by atoms with van der Waals surface area (Å²) in [6.07, 6.45) is 12.9. The first kappa shape index (κ1) is 20.9. The van der Waals surface area contributed by atoms with Gasteiger partial charge in [-0.25, -0.2) is 0 Å². The molecular formula is C18H38O3. The van der Waals surface area contributed by atoms with Gasteiger partial charge in [0.15, 0.2) is 0 Å². The summed E-state index contributed by atoms with van der Waals surface area (Å²) >= 11 is 0. The fraction of sp³-hybridized carbons (Fsp3) is 1.00. The number of unbranched alkanes of at least 4 members (excludes halogenated alkanes) is 6. The second kappa shape index (κ2) is 16.3. The molecule has 0 heterocycles. The van der Waals surface area contributed by atoms with Gasteiger partial charge in [0, 0.05) is 13.2 Å². The Bertz CT molecular complexity index is 177. The minimum Gasteiger partial charge on any atom is -0.393 e. The number of aliphatic hydroxyl groups is 2. The van der Waals surface area contributed by atoms with Gasteiger partial charge in [-0.3, -0.25) is 0 Å². The van der Waals surface area contributed by atoms with Crippen LogP contribution in [0.25, 0.3) is 0 Å². The topological polar surface area (TPSA) is 49.7 Å². The van der Waals surface area contributed by atoms with Crippen molar-refractivity contribution in [1.82, 2.24) is 0 Å². The molecule has 3 nitrogen and oxygen atoms in total. The van der Waals surface area contributed by atoms with E-state index in [1.54, 1.807) is 0 Å². The van der Waals surface area contributed by atoms with Gasteiger partial charge in [0.1, 0.15) is 0 Å². The molecule has 0 rings (SSSR count). The first-order valence-corrected chi connectivity index (χ1v) is 9.14. The highest BCUT2D eigenvalue weighted by molar-refractivity contribution is 4.54. The maximum absolute atomic E-state index is 9.43. The third-order valence-corrected chi connectivity index (χ3v) is 4.09. The van der Waals surface area contributed by atoms with E-state index in [-0.39, 0.29) is 12.2 Å². The van der Waals surface area contributed by atoms with Crippen LogP contribution in [0, 0.1) is 0 Å². The first-order chi connectivity index (χ1) is 10.2. The summed E-state index contributed by atoms with van der Waals surface area (Å²) in [6, 6.07) is 0. The van der Waals surface area contributed by atoms with E-state index in [2.05, 4.69) is 0 Å². The van der Waals surface area contributed by atoms with E-state index in [1.807, 2.05) is 13.8 Å². The van der Waals surface area contributed by atoms with Crippen LogP contribution < -0.4 is 0 Å². The van der Waals surface area contributed by atoms with Gasteiger partial charge >= 0.3 is 0 Å². The molecule has 0 saturated carbocycles. The molecule has 0 spiro atoms. The molecule has 2 atom stereocenters. The average Bonchev–Trinajstić information content (AvgIpc) is 2.51. The lowest BCUT2D eigenvalue weighted by Gasteiger charge is -2.08. The Labute approximate surface area is 132 Å². The minimum absolute atomic E-state index is 0.0975. The van der Waals surface area contributed by atoms with Crippen LogP contribution >= 0.6 is 0 Å². The maximum Gasteiger partial charge on any atom is 0.0537 e. The predicted octanol–water partition coefficient (Wildman–Crippen LogP) is 4.45. The lowest BCUT2D eigenvalue weighted by molar-refractivity contribution is 0.123. The second-order valence-corrected chi connectivity index (χ2v) is 6.14. The molecule has 0 saturated heterocycles. The number of hydrogen-bond donors (Lipinski definition) is 2. The monoisotopic (exact) mass is 302 g/mol. The van der Waals surface area contributed by atoms with Crippen molar-refractivity contribution in [3.8, 4) is 0 Å². The minimum atomic E-state index is -0.0975. The molecule has 2 N–H and O–H groups in total. The molecule has 0 aromatic carbocycles. The van der Waals surface area contributed by atoms with Crippen molar-refractivity contribution in [2.45, 2.75) is 103 Å². The third kappa shape index (κ3) is 16.1. The van der Waals surface area contributed by atoms with Crippen LogP contribution in [0.3, 0.4) is 0 Å². The number of rotatable bonds is 16. The molecular weight excluding hydrogens is 264 g/mol. The van der Waals surface area contributed by atoms with E-state index in [0.29, 0.717) is 0 Å². The van der Waals surface area contributed by atoms with Crippen LogP contribution in [-0.4, -0.2) is 35.6 Å². The first-order valence-electron chi connectivity index (χ1n) is 9.14. The smallest absolute Gasteiger partial charge is 0.0537 e. The summed E-state index contributed by atoms with van der Waals surface area (Å²) in [5, 5.41) is 18.9. The molecule has 128 valence electrons. The van der Waals surface area contributed by atoms with E-state index in [4.69, 9.17) is 4.74 Å². The van der Waals surface area contributed by atoms with Crippen LogP contribution in [0.2, 0.25) is 0 Å². The normalized spacial score (nSPS) is 14.3. The van der Waals surface area contributed by atoms with Gasteiger partial charge in [-0.15, -0.1) is 0 Å². The van der Waals surface area contributed by atoms with Crippen molar-refractivity contribution in [3.05, 3.63) is 0 Å². The van der Waals surface area contributed by atoms with E-state index in [1.165, 1.54) is 25.7 Å². The van der Waals surface area contributed by atoms with E-state index >= 15 is 0 Å². The Hall–Kier alpha value is -0.120. The number of hydrogen-bond acceptors (Lipinski definition) is 3. The summed E-state index contributed by atoms with van der Waals surface area (Å²) in [4.78, 5) is 0. The average molecular weight is 302 g/mol. The summed E-state index contributed by atoms with van der Waals surface area (Å²) in [7, 11) is 0. The zero-order chi connectivity index (χ0) is 15.8. The Morgan fingerprint density at radius 3 is 1.38 bits per heavy atom. The van der Waals surface area contributed by atoms with Gasteiger partial charge in [-0.05, 0) is 38.5 Å². The van der Waals surface area contributed by atoms with Crippen LogP contribution in [-0.2, 0) is 4.74 Å². The molecule has 0 fully saturated rings. The quantitative estimate of drug-likeness (QED) is 0.414. The highest BCUT2D eigenvalue weighted by Gasteiger charge is 2.00. The van der Waals surface area contributed by atoms with Crippen molar-refractivity contribution in [2.24, 2.45) is 0 Å². The fourth-order valence-electron chi connectivity index (χ4n) is 2.39. The van der Waals surface area contributed by atoms with Crippen molar-refractivity contribution >= 4 is 0 Å². The molecule has 3 heteroatoms. The molecule has 0 aliphatic heterocycles. The van der Waals surface area contributed by atoms with E-state index in [9.17, 15) is 10.2 Å². The number of aliphatic hydroxyl groups excluding tert-OH is 2. The van der Waals surface area contributed by atoms with Gasteiger partial charge in [-0.2, -0.15) is 0 Å². The van der Waals surface area contributed by atoms with Crippen LogP contribution in [0.4, 0.5) is 0 Å².